The van der Waals surface area contributed by atoms with Crippen molar-refractivity contribution in [2.24, 2.45) is 0 Å². The van der Waals surface area contributed by atoms with Crippen LogP contribution in [0.15, 0.2) is 42.5 Å². The maximum Gasteiger partial charge on any atom is 0.242 e. The van der Waals surface area contributed by atoms with Gasteiger partial charge in [-0.05, 0) is 51.5 Å². The summed E-state index contributed by atoms with van der Waals surface area (Å²) < 4.78 is 0. The second-order valence-corrected chi connectivity index (χ2v) is 10.4. The van der Waals surface area contributed by atoms with Gasteiger partial charge in [-0.15, -0.1) is 11.8 Å². The summed E-state index contributed by atoms with van der Waals surface area (Å²) in [6.45, 7) is 7.54. The van der Waals surface area contributed by atoms with Gasteiger partial charge >= 0.3 is 0 Å². The van der Waals surface area contributed by atoms with Gasteiger partial charge in [0.2, 0.25) is 11.8 Å². The van der Waals surface area contributed by atoms with Crippen LogP contribution in [0.1, 0.15) is 38.8 Å². The molecule has 31 heavy (non-hydrogen) atoms. The number of thioether (sulfide) groups is 1. The van der Waals surface area contributed by atoms with E-state index in [9.17, 15) is 9.59 Å². The first-order chi connectivity index (χ1) is 14.5. The van der Waals surface area contributed by atoms with Gasteiger partial charge in [0.05, 0.1) is 5.75 Å². The van der Waals surface area contributed by atoms with Crippen LogP contribution in [0, 0.1) is 0 Å². The Bertz CT molecular complexity index is 911. The van der Waals surface area contributed by atoms with E-state index in [0.29, 0.717) is 26.4 Å². The highest BCUT2D eigenvalue weighted by Gasteiger charge is 2.29. The van der Waals surface area contributed by atoms with Gasteiger partial charge in [-0.1, -0.05) is 59.1 Å². The molecule has 8 heteroatoms. The molecule has 0 unspecified atom stereocenters. The predicted molar refractivity (Wildman–Crippen MR) is 132 cm³/mol. The maximum atomic E-state index is 13.2. The van der Waals surface area contributed by atoms with Crippen LogP contribution in [0.25, 0.3) is 0 Å². The molecule has 4 nitrogen and oxygen atoms in total. The van der Waals surface area contributed by atoms with Gasteiger partial charge in [-0.3, -0.25) is 9.59 Å². The van der Waals surface area contributed by atoms with Gasteiger partial charge in [-0.25, -0.2) is 0 Å². The molecular weight excluding hydrogens is 475 g/mol. The molecule has 2 aromatic rings. The molecule has 0 saturated heterocycles. The number of halogens is 3. The minimum atomic E-state index is -0.694. The van der Waals surface area contributed by atoms with E-state index in [-0.39, 0.29) is 24.1 Å². The van der Waals surface area contributed by atoms with Crippen LogP contribution >= 0.6 is 46.6 Å². The fourth-order valence-electron chi connectivity index (χ4n) is 2.86. The molecule has 0 heterocycles. The zero-order chi connectivity index (χ0) is 23.2. The number of rotatable bonds is 8. The topological polar surface area (TPSA) is 49.4 Å². The third-order valence-corrected chi connectivity index (χ3v) is 6.54. The van der Waals surface area contributed by atoms with Crippen LogP contribution in [0.3, 0.4) is 0 Å². The van der Waals surface area contributed by atoms with Crippen LogP contribution in [0.5, 0.6) is 0 Å². The second kappa shape index (κ2) is 11.5. The summed E-state index contributed by atoms with van der Waals surface area (Å²) in [5.74, 6) is 0.375. The van der Waals surface area contributed by atoms with Gasteiger partial charge in [0.25, 0.3) is 0 Å². The molecule has 2 rings (SSSR count). The van der Waals surface area contributed by atoms with Crippen LogP contribution in [0.4, 0.5) is 0 Å². The first kappa shape index (κ1) is 25.9. The number of hydrogen-bond acceptors (Lipinski definition) is 3. The number of nitrogens with zero attached hydrogens (tertiary/aromatic N) is 1. The lowest BCUT2D eigenvalue weighted by Crippen LogP contribution is -2.52. The minimum Gasteiger partial charge on any atom is -0.350 e. The highest BCUT2D eigenvalue weighted by Crippen LogP contribution is 2.27. The summed E-state index contributed by atoms with van der Waals surface area (Å²) in [7, 11) is 0. The average molecular weight is 502 g/mol. The highest BCUT2D eigenvalue weighted by molar-refractivity contribution is 7.99. The highest BCUT2D eigenvalue weighted by atomic mass is 35.5. The largest absolute Gasteiger partial charge is 0.350 e. The van der Waals surface area contributed by atoms with Crippen molar-refractivity contribution in [3.63, 3.8) is 0 Å². The number of benzene rings is 2. The van der Waals surface area contributed by atoms with Crippen molar-refractivity contribution in [2.75, 3.05) is 5.75 Å². The van der Waals surface area contributed by atoms with Crippen molar-refractivity contribution < 1.29 is 9.59 Å². The van der Waals surface area contributed by atoms with E-state index in [2.05, 4.69) is 5.32 Å². The Morgan fingerprint density at radius 2 is 1.58 bits per heavy atom. The molecular formula is C23H27Cl3N2O2S. The summed E-state index contributed by atoms with van der Waals surface area (Å²) in [6, 6.07) is 12.0. The molecule has 2 aromatic carbocycles. The first-order valence-corrected chi connectivity index (χ1v) is 12.1. The minimum absolute atomic E-state index is 0.142. The zero-order valence-electron chi connectivity index (χ0n) is 18.0. The van der Waals surface area contributed by atoms with E-state index in [4.69, 9.17) is 34.8 Å². The lowest BCUT2D eigenvalue weighted by molar-refractivity contribution is -0.139. The Hall–Kier alpha value is -1.40. The molecule has 0 saturated carbocycles. The second-order valence-electron chi connectivity index (χ2n) is 8.22. The first-order valence-electron chi connectivity index (χ1n) is 9.85. The smallest absolute Gasteiger partial charge is 0.242 e. The monoisotopic (exact) mass is 500 g/mol. The summed E-state index contributed by atoms with van der Waals surface area (Å²) in [5, 5.41) is 4.51. The van der Waals surface area contributed by atoms with Crippen molar-refractivity contribution in [3.05, 3.63) is 68.7 Å². The van der Waals surface area contributed by atoms with Crippen molar-refractivity contribution in [1.29, 1.82) is 0 Å². The van der Waals surface area contributed by atoms with Crippen molar-refractivity contribution in [1.82, 2.24) is 10.2 Å². The Morgan fingerprint density at radius 3 is 2.16 bits per heavy atom. The molecule has 0 fully saturated rings. The number of carbonyl (C=O) groups is 2. The number of carbonyl (C=O) groups excluding carboxylic acids is 2. The van der Waals surface area contributed by atoms with Crippen LogP contribution in [-0.2, 0) is 21.9 Å². The third kappa shape index (κ3) is 7.90. The Labute approximate surface area is 203 Å². The third-order valence-electron chi connectivity index (χ3n) is 4.50. The molecule has 2 amide bonds. The molecule has 0 aliphatic rings. The molecule has 0 aromatic heterocycles. The molecule has 1 N–H and O–H groups in total. The summed E-state index contributed by atoms with van der Waals surface area (Å²) in [4.78, 5) is 27.5. The van der Waals surface area contributed by atoms with E-state index in [0.717, 1.165) is 5.56 Å². The quantitative estimate of drug-likeness (QED) is 0.468. The predicted octanol–water partition coefficient (Wildman–Crippen LogP) is 6.21. The summed E-state index contributed by atoms with van der Waals surface area (Å²) in [5.41, 5.74) is 1.16. The van der Waals surface area contributed by atoms with Crippen LogP contribution in [0.2, 0.25) is 15.1 Å². The van der Waals surface area contributed by atoms with Gasteiger partial charge < -0.3 is 10.2 Å². The SMILES string of the molecule is C[C@@H](C(=O)NC(C)(C)C)N(Cc1c(Cl)cccc1Cl)C(=O)CSCc1ccccc1Cl. The molecule has 0 spiro atoms. The lowest BCUT2D eigenvalue weighted by Gasteiger charge is -2.32. The van der Waals surface area contributed by atoms with Crippen molar-refractivity contribution in [3.8, 4) is 0 Å². The normalized spacial score (nSPS) is 12.4. The number of nitrogens with one attached hydrogen (secondary N) is 1. The molecule has 1 atom stereocenters. The van der Waals surface area contributed by atoms with Crippen molar-refractivity contribution >= 4 is 58.4 Å². The summed E-state index contributed by atoms with van der Waals surface area (Å²) in [6.07, 6.45) is 0. The fraction of sp³-hybridized carbons (Fsp3) is 0.391. The fourth-order valence-corrected chi connectivity index (χ4v) is 4.57. The van der Waals surface area contributed by atoms with Crippen molar-refractivity contribution in [2.45, 2.75) is 51.6 Å². The van der Waals surface area contributed by atoms with E-state index in [1.807, 2.05) is 45.0 Å². The lowest BCUT2D eigenvalue weighted by atomic mass is 10.1. The molecule has 0 aliphatic carbocycles. The Balaban J connectivity index is 2.18. The molecule has 0 radical (unpaired) electrons. The van der Waals surface area contributed by atoms with E-state index in [1.54, 1.807) is 25.1 Å². The van der Waals surface area contributed by atoms with Gasteiger partial charge in [-0.2, -0.15) is 0 Å². The van der Waals surface area contributed by atoms with Gasteiger partial charge in [0, 0.05) is 38.5 Å². The molecule has 0 aliphatic heterocycles. The average Bonchev–Trinajstić information content (AvgIpc) is 2.67. The van der Waals surface area contributed by atoms with Crippen LogP contribution in [-0.4, -0.2) is 34.0 Å². The number of amides is 2. The van der Waals surface area contributed by atoms with Gasteiger partial charge in [0.1, 0.15) is 6.04 Å². The molecule has 168 valence electrons. The standard InChI is InChI=1S/C23H27Cl3N2O2S/c1-15(22(30)27-23(2,3)4)28(12-17-19(25)10-7-11-20(17)26)21(29)14-31-13-16-8-5-6-9-18(16)24/h5-11,15H,12-14H2,1-4H3,(H,27,30)/t15-/m0/s1. The Morgan fingerprint density at radius 1 is 1.00 bits per heavy atom. The zero-order valence-corrected chi connectivity index (χ0v) is 21.1. The van der Waals surface area contributed by atoms with Gasteiger partial charge in [0.15, 0.2) is 0 Å². The van der Waals surface area contributed by atoms with Crippen LogP contribution < -0.4 is 5.32 Å². The summed E-state index contributed by atoms with van der Waals surface area (Å²) >= 11 is 20.3. The van der Waals surface area contributed by atoms with E-state index >= 15 is 0 Å². The Kier molecular flexibility index (Phi) is 9.56. The maximum absolute atomic E-state index is 13.2. The molecule has 0 bridgehead atoms. The number of hydrogen-bond donors (Lipinski definition) is 1. The van der Waals surface area contributed by atoms with E-state index in [1.165, 1.54) is 16.7 Å². The van der Waals surface area contributed by atoms with E-state index < -0.39 is 11.6 Å².